The van der Waals surface area contributed by atoms with E-state index in [1.807, 2.05) is 7.05 Å². The predicted octanol–water partition coefficient (Wildman–Crippen LogP) is 1.76. The van der Waals surface area contributed by atoms with Crippen molar-refractivity contribution >= 4 is 35.0 Å². The van der Waals surface area contributed by atoms with Crippen molar-refractivity contribution < 1.29 is 14.4 Å². The molecule has 26 heavy (non-hydrogen) atoms. The van der Waals surface area contributed by atoms with E-state index in [-0.39, 0.29) is 30.1 Å². The zero-order valence-corrected chi connectivity index (χ0v) is 15.6. The van der Waals surface area contributed by atoms with Gasteiger partial charge in [-0.25, -0.2) is 0 Å². The number of rotatable bonds is 6. The summed E-state index contributed by atoms with van der Waals surface area (Å²) in [6, 6.07) is 5.01. The van der Waals surface area contributed by atoms with Crippen molar-refractivity contribution in [1.82, 2.24) is 10.2 Å². The predicted molar refractivity (Wildman–Crippen MR) is 101 cm³/mol. The molecule has 1 saturated carbocycles. The van der Waals surface area contributed by atoms with E-state index >= 15 is 0 Å². The second-order valence-electron chi connectivity index (χ2n) is 6.43. The monoisotopic (exact) mass is 380 g/mol. The standard InChI is InChI=1S/C18H25ClN4O3/c1-23(13-5-3-2-4-6-13)18(26)14-8-7-12(9-15(14)19)22-17(25)11-21-16(24)10-20/h7-9,13H,2-6,10-11,20H2,1H3,(H,21,24)(H,22,25). The van der Waals surface area contributed by atoms with Gasteiger partial charge < -0.3 is 21.3 Å². The summed E-state index contributed by atoms with van der Waals surface area (Å²) < 4.78 is 0. The Balaban J connectivity index is 1.98. The molecule has 1 aliphatic rings. The number of hydrogen-bond donors (Lipinski definition) is 3. The molecule has 0 bridgehead atoms. The molecule has 1 aliphatic carbocycles. The zero-order valence-electron chi connectivity index (χ0n) is 14.9. The van der Waals surface area contributed by atoms with Gasteiger partial charge in [-0.2, -0.15) is 0 Å². The number of benzene rings is 1. The van der Waals surface area contributed by atoms with E-state index in [0.717, 1.165) is 25.7 Å². The average Bonchev–Trinajstić information content (AvgIpc) is 2.65. The molecule has 0 saturated heterocycles. The number of carbonyl (C=O) groups is 3. The van der Waals surface area contributed by atoms with Gasteiger partial charge in [0.15, 0.2) is 0 Å². The molecule has 0 radical (unpaired) electrons. The molecule has 0 aromatic heterocycles. The quantitative estimate of drug-likeness (QED) is 0.699. The van der Waals surface area contributed by atoms with Gasteiger partial charge in [-0.05, 0) is 31.0 Å². The summed E-state index contributed by atoms with van der Waals surface area (Å²) in [5, 5.41) is 5.27. The number of nitrogens with two attached hydrogens (primary N) is 1. The van der Waals surface area contributed by atoms with Gasteiger partial charge in [0.1, 0.15) is 0 Å². The third-order valence-electron chi connectivity index (χ3n) is 4.56. The highest BCUT2D eigenvalue weighted by Crippen LogP contribution is 2.26. The van der Waals surface area contributed by atoms with Crippen LogP contribution in [0.2, 0.25) is 5.02 Å². The number of carbonyl (C=O) groups excluding carboxylic acids is 3. The van der Waals surface area contributed by atoms with Crippen molar-refractivity contribution in [2.75, 3.05) is 25.5 Å². The third-order valence-corrected chi connectivity index (χ3v) is 4.87. The summed E-state index contributed by atoms with van der Waals surface area (Å²) in [4.78, 5) is 37.3. The van der Waals surface area contributed by atoms with Crippen LogP contribution < -0.4 is 16.4 Å². The van der Waals surface area contributed by atoms with Gasteiger partial charge in [0.2, 0.25) is 11.8 Å². The fourth-order valence-corrected chi connectivity index (χ4v) is 3.31. The lowest BCUT2D eigenvalue weighted by atomic mass is 9.94. The lowest BCUT2D eigenvalue weighted by Gasteiger charge is -2.31. The topological polar surface area (TPSA) is 105 Å². The molecule has 1 aromatic rings. The Morgan fingerprint density at radius 3 is 2.50 bits per heavy atom. The largest absolute Gasteiger partial charge is 0.346 e. The summed E-state index contributed by atoms with van der Waals surface area (Å²) in [7, 11) is 1.81. The fraction of sp³-hybridized carbons (Fsp3) is 0.500. The Kier molecular flexibility index (Phi) is 7.41. The van der Waals surface area contributed by atoms with Gasteiger partial charge in [0, 0.05) is 18.8 Å². The van der Waals surface area contributed by atoms with Crippen LogP contribution in [0.1, 0.15) is 42.5 Å². The average molecular weight is 381 g/mol. The first-order valence-electron chi connectivity index (χ1n) is 8.75. The Bertz CT molecular complexity index is 674. The lowest BCUT2D eigenvalue weighted by Crippen LogP contribution is -2.38. The van der Waals surface area contributed by atoms with Crippen LogP contribution >= 0.6 is 11.6 Å². The summed E-state index contributed by atoms with van der Waals surface area (Å²) in [6.07, 6.45) is 5.54. The van der Waals surface area contributed by atoms with Crippen molar-refractivity contribution in [3.63, 3.8) is 0 Å². The first-order valence-corrected chi connectivity index (χ1v) is 9.13. The van der Waals surface area contributed by atoms with E-state index in [0.29, 0.717) is 11.3 Å². The molecular formula is C18H25ClN4O3. The van der Waals surface area contributed by atoms with Gasteiger partial charge in [0.05, 0.1) is 23.7 Å². The minimum atomic E-state index is -0.412. The molecule has 1 fully saturated rings. The minimum Gasteiger partial charge on any atom is -0.346 e. The van der Waals surface area contributed by atoms with Crippen molar-refractivity contribution in [3.8, 4) is 0 Å². The van der Waals surface area contributed by atoms with E-state index in [1.54, 1.807) is 17.0 Å². The number of nitrogens with one attached hydrogen (secondary N) is 2. The number of amides is 3. The molecule has 142 valence electrons. The first kappa shape index (κ1) is 20.2. The van der Waals surface area contributed by atoms with Crippen molar-refractivity contribution in [2.45, 2.75) is 38.1 Å². The first-order chi connectivity index (χ1) is 12.4. The van der Waals surface area contributed by atoms with Gasteiger partial charge in [-0.1, -0.05) is 30.9 Å². The lowest BCUT2D eigenvalue weighted by molar-refractivity contribution is -0.123. The Morgan fingerprint density at radius 2 is 1.88 bits per heavy atom. The van der Waals surface area contributed by atoms with Gasteiger partial charge >= 0.3 is 0 Å². The molecule has 0 aliphatic heterocycles. The third kappa shape index (κ3) is 5.44. The minimum absolute atomic E-state index is 0.116. The highest BCUT2D eigenvalue weighted by Gasteiger charge is 2.24. The molecule has 0 atom stereocenters. The number of hydrogen-bond acceptors (Lipinski definition) is 4. The maximum Gasteiger partial charge on any atom is 0.255 e. The highest BCUT2D eigenvalue weighted by molar-refractivity contribution is 6.34. The summed E-state index contributed by atoms with van der Waals surface area (Å²) in [5.41, 5.74) is 6.03. The molecule has 0 heterocycles. The Hall–Kier alpha value is -2.12. The fourth-order valence-electron chi connectivity index (χ4n) is 3.05. The number of nitrogens with zero attached hydrogens (tertiary/aromatic N) is 1. The Morgan fingerprint density at radius 1 is 1.19 bits per heavy atom. The molecule has 8 heteroatoms. The summed E-state index contributed by atoms with van der Waals surface area (Å²) in [5.74, 6) is -0.930. The zero-order chi connectivity index (χ0) is 19.1. The Labute approximate surface area is 158 Å². The van der Waals surface area contributed by atoms with Crippen LogP contribution in [-0.2, 0) is 9.59 Å². The van der Waals surface area contributed by atoms with E-state index in [9.17, 15) is 14.4 Å². The van der Waals surface area contributed by atoms with Crippen molar-refractivity contribution in [1.29, 1.82) is 0 Å². The van der Waals surface area contributed by atoms with Gasteiger partial charge in [-0.3, -0.25) is 14.4 Å². The molecule has 0 spiro atoms. The number of halogens is 1. The highest BCUT2D eigenvalue weighted by atomic mass is 35.5. The van der Waals surface area contributed by atoms with Gasteiger partial charge in [0.25, 0.3) is 5.91 Å². The van der Waals surface area contributed by atoms with E-state index in [4.69, 9.17) is 17.3 Å². The second-order valence-corrected chi connectivity index (χ2v) is 6.84. The SMILES string of the molecule is CN(C(=O)c1ccc(NC(=O)CNC(=O)CN)cc1Cl)C1CCCCC1. The van der Waals surface area contributed by atoms with E-state index < -0.39 is 11.8 Å². The molecule has 4 N–H and O–H groups in total. The van der Waals surface area contributed by atoms with E-state index in [1.165, 1.54) is 12.5 Å². The molecule has 2 rings (SSSR count). The maximum atomic E-state index is 12.7. The van der Waals surface area contributed by atoms with Crippen molar-refractivity contribution in [3.05, 3.63) is 28.8 Å². The normalized spacial score (nSPS) is 14.6. The molecule has 7 nitrogen and oxygen atoms in total. The molecule has 0 unspecified atom stereocenters. The van der Waals surface area contributed by atoms with Crippen LogP contribution in [0.15, 0.2) is 18.2 Å². The summed E-state index contributed by atoms with van der Waals surface area (Å²) in [6.45, 7) is -0.358. The van der Waals surface area contributed by atoms with Crippen LogP contribution in [0.4, 0.5) is 5.69 Å². The van der Waals surface area contributed by atoms with Crippen LogP contribution in [-0.4, -0.2) is 48.8 Å². The van der Waals surface area contributed by atoms with Crippen LogP contribution in [0, 0.1) is 0 Å². The molecule has 1 aromatic carbocycles. The van der Waals surface area contributed by atoms with Crippen molar-refractivity contribution in [2.24, 2.45) is 5.73 Å². The van der Waals surface area contributed by atoms with E-state index in [2.05, 4.69) is 10.6 Å². The maximum absolute atomic E-state index is 12.7. The van der Waals surface area contributed by atoms with Gasteiger partial charge in [-0.15, -0.1) is 0 Å². The molecule has 3 amide bonds. The summed E-state index contributed by atoms with van der Waals surface area (Å²) >= 11 is 6.26. The van der Waals surface area contributed by atoms with Crippen LogP contribution in [0.5, 0.6) is 0 Å². The van der Waals surface area contributed by atoms with Crippen LogP contribution in [0.3, 0.4) is 0 Å². The smallest absolute Gasteiger partial charge is 0.255 e. The molecular weight excluding hydrogens is 356 g/mol. The van der Waals surface area contributed by atoms with Crippen LogP contribution in [0.25, 0.3) is 0 Å². The number of anilines is 1. The second kappa shape index (κ2) is 9.54.